The molecule has 1 aliphatic heterocycles. The largest absolute Gasteiger partial charge is 0.368 e. The highest BCUT2D eigenvalue weighted by Gasteiger charge is 2.30. The first-order valence-corrected chi connectivity index (χ1v) is 10.3. The third kappa shape index (κ3) is 3.75. The van der Waals surface area contributed by atoms with Gasteiger partial charge in [0.05, 0.1) is 24.1 Å². The number of benzene rings is 1. The molecule has 3 aromatic heterocycles. The number of fused-ring (bicyclic) bond motifs is 1. The van der Waals surface area contributed by atoms with Crippen molar-refractivity contribution in [3.63, 3.8) is 0 Å². The van der Waals surface area contributed by atoms with Crippen molar-refractivity contribution in [3.05, 3.63) is 66.2 Å². The summed E-state index contributed by atoms with van der Waals surface area (Å²) in [6, 6.07) is 12.3. The number of imidazole rings is 1. The van der Waals surface area contributed by atoms with Crippen molar-refractivity contribution in [3.8, 4) is 22.6 Å². The summed E-state index contributed by atoms with van der Waals surface area (Å²) in [6.07, 6.45) is 5.46. The molecular weight excluding hydrogens is 395 g/mol. The number of aromatic nitrogens is 4. The normalized spacial score (nSPS) is 21.5. The second-order valence-electron chi connectivity index (χ2n) is 8.36. The van der Waals surface area contributed by atoms with E-state index in [0.29, 0.717) is 17.3 Å². The maximum absolute atomic E-state index is 13.5. The molecule has 1 saturated heterocycles. The molecule has 0 spiro atoms. The average molecular weight is 419 g/mol. The van der Waals surface area contributed by atoms with Crippen LogP contribution in [0.1, 0.15) is 24.3 Å². The number of hydroxylamine groups is 3. The Morgan fingerprint density at radius 2 is 1.84 bits per heavy atom. The Kier molecular flexibility index (Phi) is 4.68. The molecule has 1 aliphatic rings. The van der Waals surface area contributed by atoms with Gasteiger partial charge in [0.1, 0.15) is 24.6 Å². The van der Waals surface area contributed by atoms with E-state index in [-0.39, 0.29) is 16.4 Å². The van der Waals surface area contributed by atoms with Gasteiger partial charge < -0.3 is 5.73 Å². The van der Waals surface area contributed by atoms with Crippen LogP contribution in [0.5, 0.6) is 0 Å². The number of nitrogens with zero attached hydrogens (tertiary/aromatic N) is 5. The Labute approximate surface area is 179 Å². The highest BCUT2D eigenvalue weighted by molar-refractivity contribution is 5.80. The van der Waals surface area contributed by atoms with E-state index < -0.39 is 0 Å². The van der Waals surface area contributed by atoms with E-state index in [9.17, 15) is 9.60 Å². The monoisotopic (exact) mass is 419 g/mol. The molecule has 7 nitrogen and oxygen atoms in total. The summed E-state index contributed by atoms with van der Waals surface area (Å²) in [7, 11) is 1.85. The van der Waals surface area contributed by atoms with E-state index in [0.717, 1.165) is 42.8 Å². The summed E-state index contributed by atoms with van der Waals surface area (Å²) in [6.45, 7) is 1.47. The minimum Gasteiger partial charge on any atom is -0.368 e. The lowest BCUT2D eigenvalue weighted by atomic mass is 9.90. The van der Waals surface area contributed by atoms with Crippen LogP contribution in [0.4, 0.5) is 10.3 Å². The Morgan fingerprint density at radius 3 is 2.55 bits per heavy atom. The lowest BCUT2D eigenvalue weighted by Crippen LogP contribution is -2.46. The molecule has 0 saturated carbocycles. The van der Waals surface area contributed by atoms with Crippen LogP contribution in [0.25, 0.3) is 28.3 Å². The predicted molar refractivity (Wildman–Crippen MR) is 116 cm³/mol. The number of anilines is 1. The number of pyridine rings is 1. The van der Waals surface area contributed by atoms with Gasteiger partial charge >= 0.3 is 0 Å². The van der Waals surface area contributed by atoms with Gasteiger partial charge in [-0.3, -0.25) is 4.40 Å². The van der Waals surface area contributed by atoms with Gasteiger partial charge in [0.2, 0.25) is 5.95 Å². The van der Waals surface area contributed by atoms with Crippen LogP contribution >= 0.6 is 0 Å². The standard InChI is InChI=1S/C23H24FN6O/c1-30(31)12-8-15(9-13-30)17-7-11-29-20(14-17)28-21(16-2-4-18(24)5-3-16)22(29)19-6-10-26-23(25)27-19/h2-7,10-11,14-15,31H,8-9,12-13H2,1H3,(H2,25,26,27)/q+1. The number of halogens is 1. The minimum atomic E-state index is -0.297. The van der Waals surface area contributed by atoms with Crippen LogP contribution < -0.4 is 5.73 Å². The number of likely N-dealkylation sites (tertiary alicyclic amines) is 1. The Bertz CT molecular complexity index is 1240. The molecule has 4 aromatic rings. The molecule has 0 aliphatic carbocycles. The van der Waals surface area contributed by atoms with Crippen molar-refractivity contribution in [1.82, 2.24) is 19.4 Å². The van der Waals surface area contributed by atoms with Gasteiger partial charge in [0.15, 0.2) is 0 Å². The van der Waals surface area contributed by atoms with Crippen molar-refractivity contribution in [2.24, 2.45) is 0 Å². The van der Waals surface area contributed by atoms with Crippen LogP contribution in [-0.2, 0) is 0 Å². The first-order valence-electron chi connectivity index (χ1n) is 10.3. The molecule has 4 heterocycles. The molecule has 0 bridgehead atoms. The van der Waals surface area contributed by atoms with Crippen molar-refractivity contribution in [2.45, 2.75) is 18.8 Å². The van der Waals surface area contributed by atoms with E-state index in [1.54, 1.807) is 24.4 Å². The van der Waals surface area contributed by atoms with Gasteiger partial charge in [-0.2, -0.15) is 4.65 Å². The second-order valence-corrected chi connectivity index (χ2v) is 8.36. The van der Waals surface area contributed by atoms with Gasteiger partial charge in [0, 0.05) is 30.8 Å². The minimum absolute atomic E-state index is 0.0795. The average Bonchev–Trinajstić information content (AvgIpc) is 3.13. The molecule has 3 N–H and O–H groups in total. The van der Waals surface area contributed by atoms with E-state index >= 15 is 0 Å². The summed E-state index contributed by atoms with van der Waals surface area (Å²) < 4.78 is 15.6. The zero-order valence-corrected chi connectivity index (χ0v) is 17.2. The lowest BCUT2D eigenvalue weighted by Gasteiger charge is -2.33. The SMILES string of the molecule is C[N+]1(O)CCC(c2ccn3c(-c4ccnc(N)n4)c(-c4ccc(F)cc4)nc3c2)CC1. The third-order valence-corrected chi connectivity index (χ3v) is 6.07. The fourth-order valence-corrected chi connectivity index (χ4v) is 4.33. The predicted octanol–water partition coefficient (Wildman–Crippen LogP) is 3.89. The molecular formula is C23H24FN6O+. The molecule has 1 aromatic carbocycles. The number of quaternary nitrogens is 1. The number of nitrogens with two attached hydrogens (primary N) is 1. The highest BCUT2D eigenvalue weighted by atomic mass is 19.1. The Hall–Kier alpha value is -3.36. The summed E-state index contributed by atoms with van der Waals surface area (Å²) in [4.78, 5) is 13.3. The highest BCUT2D eigenvalue weighted by Crippen LogP contribution is 2.35. The van der Waals surface area contributed by atoms with E-state index in [2.05, 4.69) is 22.1 Å². The number of piperidine rings is 1. The third-order valence-electron chi connectivity index (χ3n) is 6.07. The van der Waals surface area contributed by atoms with E-state index in [1.165, 1.54) is 17.7 Å². The van der Waals surface area contributed by atoms with Crippen LogP contribution in [0.2, 0.25) is 0 Å². The maximum atomic E-state index is 13.5. The smallest absolute Gasteiger partial charge is 0.220 e. The fraction of sp³-hybridized carbons (Fsp3) is 0.261. The van der Waals surface area contributed by atoms with Gasteiger partial charge in [-0.05, 0) is 53.9 Å². The van der Waals surface area contributed by atoms with E-state index in [4.69, 9.17) is 10.7 Å². The van der Waals surface area contributed by atoms with Crippen molar-refractivity contribution in [1.29, 1.82) is 0 Å². The van der Waals surface area contributed by atoms with Crippen molar-refractivity contribution < 1.29 is 14.2 Å². The van der Waals surface area contributed by atoms with Gasteiger partial charge in [-0.15, -0.1) is 0 Å². The van der Waals surface area contributed by atoms with Crippen molar-refractivity contribution in [2.75, 3.05) is 25.9 Å². The topological polar surface area (TPSA) is 89.3 Å². The maximum Gasteiger partial charge on any atom is 0.220 e. The first kappa shape index (κ1) is 19.6. The van der Waals surface area contributed by atoms with Crippen LogP contribution in [-0.4, -0.2) is 49.3 Å². The molecule has 0 unspecified atom stereocenters. The molecule has 8 heteroatoms. The zero-order chi connectivity index (χ0) is 21.6. The van der Waals surface area contributed by atoms with Crippen LogP contribution in [0.15, 0.2) is 54.9 Å². The lowest BCUT2D eigenvalue weighted by molar-refractivity contribution is -1.09. The summed E-state index contributed by atoms with van der Waals surface area (Å²) >= 11 is 0. The van der Waals surface area contributed by atoms with Gasteiger partial charge in [0.25, 0.3) is 0 Å². The number of hydrogen-bond donors (Lipinski definition) is 2. The number of rotatable bonds is 3. The molecule has 31 heavy (non-hydrogen) atoms. The Morgan fingerprint density at radius 1 is 1.10 bits per heavy atom. The summed E-state index contributed by atoms with van der Waals surface area (Å²) in [5, 5.41) is 10.2. The summed E-state index contributed by atoms with van der Waals surface area (Å²) in [5.74, 6) is 0.267. The Balaban J connectivity index is 1.64. The molecule has 1 fully saturated rings. The van der Waals surface area contributed by atoms with Gasteiger partial charge in [-0.1, -0.05) is 0 Å². The van der Waals surface area contributed by atoms with Crippen LogP contribution in [0, 0.1) is 5.82 Å². The molecule has 0 amide bonds. The zero-order valence-electron chi connectivity index (χ0n) is 17.2. The van der Waals surface area contributed by atoms with Gasteiger partial charge in [-0.25, -0.2) is 24.5 Å². The molecule has 0 radical (unpaired) electrons. The second kappa shape index (κ2) is 7.40. The molecule has 0 atom stereocenters. The number of hydrogen-bond acceptors (Lipinski definition) is 5. The van der Waals surface area contributed by atoms with Crippen molar-refractivity contribution >= 4 is 11.6 Å². The number of nitrogen functional groups attached to an aromatic ring is 1. The molecule has 158 valence electrons. The molecule has 5 rings (SSSR count). The fourth-order valence-electron chi connectivity index (χ4n) is 4.33. The quantitative estimate of drug-likeness (QED) is 0.492. The van der Waals surface area contributed by atoms with E-state index in [1.807, 2.05) is 17.6 Å². The summed E-state index contributed by atoms with van der Waals surface area (Å²) in [5.41, 5.74) is 10.8. The first-order chi connectivity index (χ1) is 14.9. The van der Waals surface area contributed by atoms with Crippen LogP contribution in [0.3, 0.4) is 0 Å².